The Bertz CT molecular complexity index is 566. The van der Waals surface area contributed by atoms with Crippen LogP contribution in [0.2, 0.25) is 0 Å². The highest BCUT2D eigenvalue weighted by Gasteiger charge is 2.20. The first-order valence-electron chi connectivity index (χ1n) is 6.66. The fourth-order valence-corrected chi connectivity index (χ4v) is 1.90. The maximum atomic E-state index is 11.7. The molecule has 0 unspecified atom stereocenters. The number of nitrogens with one attached hydrogen (secondary N) is 1. The molecule has 1 aromatic heterocycles. The number of nitrogens with zero attached hydrogens (tertiary/aromatic N) is 2. The van der Waals surface area contributed by atoms with Gasteiger partial charge in [0.25, 0.3) is 0 Å². The number of hydrogen-bond acceptors (Lipinski definition) is 2. The lowest BCUT2D eigenvalue weighted by Crippen LogP contribution is -2.35. The lowest BCUT2D eigenvalue weighted by Gasteiger charge is -2.17. The van der Waals surface area contributed by atoms with Crippen LogP contribution >= 0.6 is 0 Å². The lowest BCUT2D eigenvalue weighted by atomic mass is 9.96. The normalized spacial score (nSPS) is 11.7. The second-order valence-corrected chi connectivity index (χ2v) is 5.79. The van der Waals surface area contributed by atoms with E-state index in [1.165, 1.54) is 0 Å². The lowest BCUT2D eigenvalue weighted by molar-refractivity contribution is -0.128. The van der Waals surface area contributed by atoms with Crippen molar-refractivity contribution in [3.8, 4) is 0 Å². The van der Waals surface area contributed by atoms with Gasteiger partial charge in [0.05, 0.1) is 17.4 Å². The van der Waals surface area contributed by atoms with Crippen LogP contribution in [0.1, 0.15) is 27.2 Å². The molecule has 1 heterocycles. The van der Waals surface area contributed by atoms with Gasteiger partial charge in [0.1, 0.15) is 0 Å². The highest BCUT2D eigenvalue weighted by molar-refractivity contribution is 5.81. The van der Waals surface area contributed by atoms with Crippen molar-refractivity contribution in [2.24, 2.45) is 5.41 Å². The zero-order valence-electron chi connectivity index (χ0n) is 11.8. The van der Waals surface area contributed by atoms with Gasteiger partial charge >= 0.3 is 0 Å². The van der Waals surface area contributed by atoms with E-state index in [4.69, 9.17) is 0 Å². The molecule has 0 spiro atoms. The van der Waals surface area contributed by atoms with Crippen LogP contribution in [0.25, 0.3) is 11.0 Å². The van der Waals surface area contributed by atoms with E-state index in [2.05, 4.69) is 20.9 Å². The van der Waals surface area contributed by atoms with E-state index >= 15 is 0 Å². The van der Waals surface area contributed by atoms with Crippen LogP contribution in [0.15, 0.2) is 30.6 Å². The second kappa shape index (κ2) is 5.43. The predicted molar refractivity (Wildman–Crippen MR) is 76.8 cm³/mol. The third kappa shape index (κ3) is 3.34. The summed E-state index contributed by atoms with van der Waals surface area (Å²) < 4.78 is 2.12. The van der Waals surface area contributed by atoms with E-state index < -0.39 is 0 Å². The third-order valence-electron chi connectivity index (χ3n) is 3.07. The Morgan fingerprint density at radius 1 is 1.32 bits per heavy atom. The number of aromatic nitrogens is 2. The quantitative estimate of drug-likeness (QED) is 0.858. The number of imidazole rings is 1. The molecular formula is C15H21N3O. The van der Waals surface area contributed by atoms with Gasteiger partial charge in [-0.1, -0.05) is 32.9 Å². The summed E-state index contributed by atoms with van der Waals surface area (Å²) in [5.41, 5.74) is 1.84. The molecule has 0 aliphatic heterocycles. The Morgan fingerprint density at radius 3 is 2.79 bits per heavy atom. The summed E-state index contributed by atoms with van der Waals surface area (Å²) in [6.07, 6.45) is 2.76. The van der Waals surface area contributed by atoms with Crippen molar-refractivity contribution in [1.82, 2.24) is 14.9 Å². The number of aryl methyl sites for hydroxylation is 1. The largest absolute Gasteiger partial charge is 0.356 e. The van der Waals surface area contributed by atoms with Crippen LogP contribution < -0.4 is 5.32 Å². The molecule has 0 aliphatic carbocycles. The summed E-state index contributed by atoms with van der Waals surface area (Å²) in [4.78, 5) is 16.1. The molecule has 0 atom stereocenters. The summed E-state index contributed by atoms with van der Waals surface area (Å²) >= 11 is 0. The number of fused-ring (bicyclic) bond motifs is 1. The number of hydrogen-bond donors (Lipinski definition) is 1. The van der Waals surface area contributed by atoms with E-state index in [1.54, 1.807) is 0 Å². The highest BCUT2D eigenvalue weighted by atomic mass is 16.2. The summed E-state index contributed by atoms with van der Waals surface area (Å²) in [7, 11) is 0. The van der Waals surface area contributed by atoms with Crippen molar-refractivity contribution >= 4 is 16.9 Å². The first-order valence-corrected chi connectivity index (χ1v) is 6.66. The molecule has 0 saturated carbocycles. The first kappa shape index (κ1) is 13.6. The van der Waals surface area contributed by atoms with Gasteiger partial charge < -0.3 is 9.88 Å². The topological polar surface area (TPSA) is 46.9 Å². The van der Waals surface area contributed by atoms with E-state index in [9.17, 15) is 4.79 Å². The van der Waals surface area contributed by atoms with Gasteiger partial charge in [-0.2, -0.15) is 0 Å². The number of rotatable bonds is 4. The minimum atomic E-state index is -0.318. The van der Waals surface area contributed by atoms with E-state index in [1.807, 2.05) is 45.3 Å². The van der Waals surface area contributed by atoms with Gasteiger partial charge in [-0.05, 0) is 18.6 Å². The van der Waals surface area contributed by atoms with Crippen LogP contribution in [0.3, 0.4) is 0 Å². The number of carbonyl (C=O) groups is 1. The summed E-state index contributed by atoms with van der Waals surface area (Å²) in [5, 5.41) is 2.96. The molecular weight excluding hydrogens is 238 g/mol. The molecule has 1 aromatic carbocycles. The Hall–Kier alpha value is -1.84. The van der Waals surface area contributed by atoms with Crippen molar-refractivity contribution in [2.45, 2.75) is 33.7 Å². The van der Waals surface area contributed by atoms with Crippen LogP contribution in [-0.4, -0.2) is 22.0 Å². The van der Waals surface area contributed by atoms with Gasteiger partial charge in [0.2, 0.25) is 5.91 Å². The van der Waals surface area contributed by atoms with Gasteiger partial charge in [-0.3, -0.25) is 4.79 Å². The van der Waals surface area contributed by atoms with Crippen LogP contribution in [0.5, 0.6) is 0 Å². The van der Waals surface area contributed by atoms with Crippen LogP contribution in [0, 0.1) is 5.41 Å². The van der Waals surface area contributed by atoms with Crippen molar-refractivity contribution in [3.05, 3.63) is 30.6 Å². The molecule has 4 heteroatoms. The van der Waals surface area contributed by atoms with E-state index in [0.29, 0.717) is 6.54 Å². The summed E-state index contributed by atoms with van der Waals surface area (Å²) in [5.74, 6) is 0.1000. The fourth-order valence-electron chi connectivity index (χ4n) is 1.90. The Kier molecular flexibility index (Phi) is 3.88. The standard InChI is InChI=1S/C15H21N3O/c1-15(2,3)14(19)16-9-6-10-18-11-17-12-7-4-5-8-13(12)18/h4-5,7-8,11H,6,9-10H2,1-3H3,(H,16,19). The fraction of sp³-hybridized carbons (Fsp3) is 0.467. The maximum absolute atomic E-state index is 11.7. The van der Waals surface area contributed by atoms with Gasteiger partial charge in [-0.15, -0.1) is 0 Å². The molecule has 19 heavy (non-hydrogen) atoms. The molecule has 0 bridgehead atoms. The Balaban J connectivity index is 1.85. The second-order valence-electron chi connectivity index (χ2n) is 5.79. The average Bonchev–Trinajstić information content (AvgIpc) is 2.76. The molecule has 0 saturated heterocycles. The van der Waals surface area contributed by atoms with Crippen molar-refractivity contribution in [2.75, 3.05) is 6.54 Å². The summed E-state index contributed by atoms with van der Waals surface area (Å²) in [6.45, 7) is 7.33. The van der Waals surface area contributed by atoms with Crippen molar-refractivity contribution < 1.29 is 4.79 Å². The molecule has 0 aliphatic rings. The van der Waals surface area contributed by atoms with E-state index in [-0.39, 0.29) is 11.3 Å². The molecule has 4 nitrogen and oxygen atoms in total. The minimum Gasteiger partial charge on any atom is -0.356 e. The maximum Gasteiger partial charge on any atom is 0.225 e. The zero-order chi connectivity index (χ0) is 13.9. The average molecular weight is 259 g/mol. The highest BCUT2D eigenvalue weighted by Crippen LogP contribution is 2.13. The Labute approximate surface area is 113 Å². The van der Waals surface area contributed by atoms with Crippen LogP contribution in [0.4, 0.5) is 0 Å². The molecule has 102 valence electrons. The number of amides is 1. The molecule has 1 N–H and O–H groups in total. The molecule has 2 aromatic rings. The molecule has 1 amide bonds. The predicted octanol–water partition coefficient (Wildman–Crippen LogP) is 2.59. The third-order valence-corrected chi connectivity index (χ3v) is 3.07. The SMILES string of the molecule is CC(C)(C)C(=O)NCCCn1cnc2ccccc21. The van der Waals surface area contributed by atoms with Crippen molar-refractivity contribution in [3.63, 3.8) is 0 Å². The Morgan fingerprint density at radius 2 is 2.05 bits per heavy atom. The van der Waals surface area contributed by atoms with E-state index in [0.717, 1.165) is 24.0 Å². The smallest absolute Gasteiger partial charge is 0.225 e. The van der Waals surface area contributed by atoms with Gasteiger partial charge in [0, 0.05) is 18.5 Å². The number of carbonyl (C=O) groups excluding carboxylic acids is 1. The zero-order valence-corrected chi connectivity index (χ0v) is 11.8. The molecule has 0 fully saturated rings. The number of para-hydroxylation sites is 2. The van der Waals surface area contributed by atoms with Crippen LogP contribution in [-0.2, 0) is 11.3 Å². The summed E-state index contributed by atoms with van der Waals surface area (Å²) in [6, 6.07) is 8.08. The van der Waals surface area contributed by atoms with Crippen molar-refractivity contribution in [1.29, 1.82) is 0 Å². The first-order chi connectivity index (χ1) is 8.98. The number of benzene rings is 1. The molecule has 0 radical (unpaired) electrons. The van der Waals surface area contributed by atoms with Gasteiger partial charge in [-0.25, -0.2) is 4.98 Å². The van der Waals surface area contributed by atoms with Gasteiger partial charge in [0.15, 0.2) is 0 Å². The monoisotopic (exact) mass is 259 g/mol. The molecule has 2 rings (SSSR count). The minimum absolute atomic E-state index is 0.1000.